The van der Waals surface area contributed by atoms with Gasteiger partial charge in [-0.25, -0.2) is 4.98 Å². The van der Waals surface area contributed by atoms with E-state index >= 15 is 0 Å². The highest BCUT2D eigenvalue weighted by Gasteiger charge is 2.25. The summed E-state index contributed by atoms with van der Waals surface area (Å²) in [6.07, 6.45) is 0. The number of carboxylic acids is 1. The van der Waals surface area contributed by atoms with Crippen LogP contribution in [0.5, 0.6) is 5.75 Å². The summed E-state index contributed by atoms with van der Waals surface area (Å²) in [6.45, 7) is 0.527. The number of benzene rings is 1. The number of aromatic nitrogens is 1. The van der Waals surface area contributed by atoms with Crippen molar-refractivity contribution in [3.05, 3.63) is 40.9 Å². The Morgan fingerprint density at radius 3 is 3.15 bits per heavy atom. The Labute approximate surface area is 119 Å². The second kappa shape index (κ2) is 5.10. The van der Waals surface area contributed by atoms with E-state index in [0.29, 0.717) is 17.4 Å². The molecule has 1 aromatic carbocycles. The van der Waals surface area contributed by atoms with Gasteiger partial charge in [-0.3, -0.25) is 4.79 Å². The predicted octanol–water partition coefficient (Wildman–Crippen LogP) is 1.77. The van der Waals surface area contributed by atoms with Gasteiger partial charge in [0, 0.05) is 10.9 Å². The number of ether oxygens (including phenoxy) is 1. The first-order chi connectivity index (χ1) is 9.65. The molecule has 0 aliphatic carbocycles. The molecule has 0 saturated carbocycles. The van der Waals surface area contributed by atoms with Gasteiger partial charge in [0.15, 0.2) is 5.13 Å². The van der Waals surface area contributed by atoms with E-state index in [1.165, 1.54) is 11.3 Å². The summed E-state index contributed by atoms with van der Waals surface area (Å²) in [6, 6.07) is 6.73. The number of para-hydroxylation sites is 1. The molecule has 2 heterocycles. The number of anilines is 1. The van der Waals surface area contributed by atoms with Crippen LogP contribution in [-0.2, 0) is 4.79 Å². The van der Waals surface area contributed by atoms with Crippen molar-refractivity contribution >= 4 is 22.4 Å². The average Bonchev–Trinajstić information content (AvgIpc) is 3.06. The molecule has 2 unspecified atom stereocenters. The smallest absolute Gasteiger partial charge is 0.326 e. The van der Waals surface area contributed by atoms with Gasteiger partial charge in [-0.1, -0.05) is 18.2 Å². The molecule has 7 heteroatoms. The molecule has 20 heavy (non-hydrogen) atoms. The lowest BCUT2D eigenvalue weighted by Crippen LogP contribution is -2.21. The van der Waals surface area contributed by atoms with Gasteiger partial charge in [-0.15, -0.1) is 11.3 Å². The maximum atomic E-state index is 10.8. The van der Waals surface area contributed by atoms with Crippen LogP contribution in [-0.4, -0.2) is 22.7 Å². The first kappa shape index (κ1) is 12.9. The van der Waals surface area contributed by atoms with Crippen LogP contribution in [0.4, 0.5) is 5.13 Å². The van der Waals surface area contributed by atoms with Crippen molar-refractivity contribution in [2.45, 2.75) is 12.1 Å². The number of hydrogen-bond donors (Lipinski definition) is 3. The largest absolute Gasteiger partial charge is 0.491 e. The number of rotatable bonds is 4. The zero-order valence-corrected chi connectivity index (χ0v) is 11.3. The maximum Gasteiger partial charge on any atom is 0.326 e. The number of hydrogen-bond acceptors (Lipinski definition) is 6. The average molecular weight is 291 g/mol. The SMILES string of the molecule is NC(C(=O)O)c1csc(NC2COc3ccccc32)n1. The number of nitrogens with two attached hydrogens (primary N) is 1. The lowest BCUT2D eigenvalue weighted by molar-refractivity contribution is -0.138. The summed E-state index contributed by atoms with van der Waals surface area (Å²) < 4.78 is 5.57. The molecule has 2 atom stereocenters. The second-order valence-electron chi connectivity index (χ2n) is 4.44. The zero-order valence-electron chi connectivity index (χ0n) is 10.4. The molecule has 6 nitrogen and oxygen atoms in total. The van der Waals surface area contributed by atoms with Crippen molar-refractivity contribution in [2.24, 2.45) is 5.73 Å². The van der Waals surface area contributed by atoms with Crippen molar-refractivity contribution in [1.82, 2.24) is 4.98 Å². The number of aliphatic carboxylic acids is 1. The quantitative estimate of drug-likeness (QED) is 0.794. The molecular formula is C13H13N3O3S. The highest BCUT2D eigenvalue weighted by molar-refractivity contribution is 7.13. The minimum Gasteiger partial charge on any atom is -0.491 e. The van der Waals surface area contributed by atoms with E-state index in [1.807, 2.05) is 24.3 Å². The fourth-order valence-corrected chi connectivity index (χ4v) is 2.85. The number of thiazole rings is 1. The molecule has 4 N–H and O–H groups in total. The van der Waals surface area contributed by atoms with Crippen LogP contribution in [0.3, 0.4) is 0 Å². The van der Waals surface area contributed by atoms with Gasteiger partial charge in [0.1, 0.15) is 18.4 Å². The Morgan fingerprint density at radius 2 is 2.35 bits per heavy atom. The Balaban J connectivity index is 1.75. The summed E-state index contributed by atoms with van der Waals surface area (Å²) >= 11 is 1.34. The van der Waals surface area contributed by atoms with E-state index in [1.54, 1.807) is 5.38 Å². The lowest BCUT2D eigenvalue weighted by atomic mass is 10.1. The highest BCUT2D eigenvalue weighted by Crippen LogP contribution is 2.34. The number of nitrogens with one attached hydrogen (secondary N) is 1. The summed E-state index contributed by atoms with van der Waals surface area (Å²) in [5, 5.41) is 14.4. The van der Waals surface area contributed by atoms with Crippen LogP contribution in [0.2, 0.25) is 0 Å². The standard InChI is InChI=1S/C13H13N3O3S/c14-11(12(17)18)9-6-20-13(16-9)15-8-5-19-10-4-2-1-3-7(8)10/h1-4,6,8,11H,5,14H2,(H,15,16)(H,17,18). The summed E-state index contributed by atoms with van der Waals surface area (Å²) in [5.74, 6) is -0.222. The van der Waals surface area contributed by atoms with Crippen LogP contribution >= 0.6 is 11.3 Å². The van der Waals surface area contributed by atoms with Crippen molar-refractivity contribution in [3.8, 4) is 5.75 Å². The van der Waals surface area contributed by atoms with E-state index in [0.717, 1.165) is 11.3 Å². The summed E-state index contributed by atoms with van der Waals surface area (Å²) in [5.41, 5.74) is 6.96. The molecule has 0 radical (unpaired) electrons. The van der Waals surface area contributed by atoms with E-state index in [2.05, 4.69) is 10.3 Å². The van der Waals surface area contributed by atoms with Crippen LogP contribution in [0.1, 0.15) is 23.3 Å². The third-order valence-electron chi connectivity index (χ3n) is 3.10. The Bertz CT molecular complexity index is 643. The second-order valence-corrected chi connectivity index (χ2v) is 5.30. The minimum atomic E-state index is -1.09. The van der Waals surface area contributed by atoms with E-state index < -0.39 is 12.0 Å². The van der Waals surface area contributed by atoms with Crippen LogP contribution in [0.25, 0.3) is 0 Å². The van der Waals surface area contributed by atoms with Gasteiger partial charge in [-0.05, 0) is 6.07 Å². The summed E-state index contributed by atoms with van der Waals surface area (Å²) in [4.78, 5) is 15.0. The molecule has 0 spiro atoms. The molecule has 1 aliphatic rings. The zero-order chi connectivity index (χ0) is 14.1. The Morgan fingerprint density at radius 1 is 1.55 bits per heavy atom. The Kier molecular flexibility index (Phi) is 3.29. The van der Waals surface area contributed by atoms with E-state index in [4.69, 9.17) is 15.6 Å². The molecule has 0 amide bonds. The number of carboxylic acid groups (broad SMARTS) is 1. The normalized spacial score (nSPS) is 18.1. The number of carbonyl (C=O) groups is 1. The Hall–Kier alpha value is -2.12. The van der Waals surface area contributed by atoms with Crippen LogP contribution < -0.4 is 15.8 Å². The van der Waals surface area contributed by atoms with Gasteiger partial charge in [0.05, 0.1) is 11.7 Å². The van der Waals surface area contributed by atoms with Crippen LogP contribution in [0.15, 0.2) is 29.6 Å². The fourth-order valence-electron chi connectivity index (χ4n) is 2.05. The maximum absolute atomic E-state index is 10.8. The van der Waals surface area contributed by atoms with Crippen molar-refractivity contribution in [3.63, 3.8) is 0 Å². The number of nitrogens with zero attached hydrogens (tertiary/aromatic N) is 1. The molecule has 0 bridgehead atoms. The first-order valence-electron chi connectivity index (χ1n) is 6.07. The van der Waals surface area contributed by atoms with Crippen molar-refractivity contribution < 1.29 is 14.6 Å². The summed E-state index contributed by atoms with van der Waals surface area (Å²) in [7, 11) is 0. The lowest BCUT2D eigenvalue weighted by Gasteiger charge is -2.10. The number of fused-ring (bicyclic) bond motifs is 1. The van der Waals surface area contributed by atoms with Crippen molar-refractivity contribution in [2.75, 3.05) is 11.9 Å². The topological polar surface area (TPSA) is 97.5 Å². The van der Waals surface area contributed by atoms with Gasteiger partial charge < -0.3 is 20.9 Å². The third kappa shape index (κ3) is 2.33. The molecule has 104 valence electrons. The molecular weight excluding hydrogens is 278 g/mol. The molecule has 1 aliphatic heterocycles. The van der Waals surface area contributed by atoms with E-state index in [9.17, 15) is 4.79 Å². The molecule has 1 aromatic heterocycles. The van der Waals surface area contributed by atoms with Crippen LogP contribution in [0, 0.1) is 0 Å². The van der Waals surface area contributed by atoms with E-state index in [-0.39, 0.29) is 6.04 Å². The predicted molar refractivity (Wildman–Crippen MR) is 75.0 cm³/mol. The first-order valence-corrected chi connectivity index (χ1v) is 6.95. The molecule has 0 saturated heterocycles. The van der Waals surface area contributed by atoms with Crippen molar-refractivity contribution in [1.29, 1.82) is 0 Å². The minimum absolute atomic E-state index is 0.0197. The monoisotopic (exact) mass is 291 g/mol. The fraction of sp³-hybridized carbons (Fsp3) is 0.231. The van der Waals surface area contributed by atoms with Gasteiger partial charge >= 0.3 is 5.97 Å². The van der Waals surface area contributed by atoms with Gasteiger partial charge in [0.2, 0.25) is 0 Å². The molecule has 2 aromatic rings. The molecule has 3 rings (SSSR count). The van der Waals surface area contributed by atoms with Gasteiger partial charge in [-0.2, -0.15) is 0 Å². The third-order valence-corrected chi connectivity index (χ3v) is 3.90. The highest BCUT2D eigenvalue weighted by atomic mass is 32.1. The molecule has 0 fully saturated rings. The van der Waals surface area contributed by atoms with Gasteiger partial charge in [0.25, 0.3) is 0 Å².